The van der Waals surface area contributed by atoms with Gasteiger partial charge in [0.15, 0.2) is 5.82 Å². The van der Waals surface area contributed by atoms with Gasteiger partial charge in [-0.2, -0.15) is 0 Å². The number of nitrogens with zero attached hydrogens (tertiary/aromatic N) is 4. The first-order valence-electron chi connectivity index (χ1n) is 9.37. The van der Waals surface area contributed by atoms with Gasteiger partial charge >= 0.3 is 5.69 Å². The number of nitrogens with one attached hydrogen (secondary N) is 1. The van der Waals surface area contributed by atoms with Crippen molar-refractivity contribution in [2.75, 3.05) is 5.32 Å². The van der Waals surface area contributed by atoms with Crippen LogP contribution >= 0.6 is 0 Å². The van der Waals surface area contributed by atoms with Gasteiger partial charge in [0.05, 0.1) is 0 Å². The molecule has 24 heavy (non-hydrogen) atoms. The van der Waals surface area contributed by atoms with E-state index in [0.717, 1.165) is 36.1 Å². The molecule has 1 fully saturated rings. The molecule has 3 heterocycles. The Labute approximate surface area is 142 Å². The van der Waals surface area contributed by atoms with E-state index in [0.29, 0.717) is 18.4 Å². The minimum absolute atomic E-state index is 0.0490. The van der Waals surface area contributed by atoms with E-state index in [1.165, 1.54) is 25.7 Å². The zero-order valence-corrected chi connectivity index (χ0v) is 14.9. The molecule has 6 nitrogen and oxygen atoms in total. The quantitative estimate of drug-likeness (QED) is 0.936. The Kier molecular flexibility index (Phi) is 3.85. The number of rotatable bonds is 4. The van der Waals surface area contributed by atoms with E-state index in [-0.39, 0.29) is 11.7 Å². The summed E-state index contributed by atoms with van der Waals surface area (Å²) in [5.74, 6) is 3.52. The second-order valence-electron chi connectivity index (χ2n) is 7.62. The molecule has 0 bridgehead atoms. The molecule has 0 amide bonds. The maximum absolute atomic E-state index is 13.0. The lowest BCUT2D eigenvalue weighted by Crippen LogP contribution is -2.32. The molecule has 0 spiro atoms. The van der Waals surface area contributed by atoms with Gasteiger partial charge < -0.3 is 5.32 Å². The van der Waals surface area contributed by atoms with E-state index >= 15 is 0 Å². The van der Waals surface area contributed by atoms with Crippen molar-refractivity contribution in [2.24, 2.45) is 5.92 Å². The molecule has 1 N–H and O–H groups in total. The third kappa shape index (κ3) is 2.34. The molecule has 6 heteroatoms. The molecule has 0 saturated heterocycles. The van der Waals surface area contributed by atoms with Crippen LogP contribution in [0.4, 0.5) is 5.82 Å². The first kappa shape index (κ1) is 15.7. The highest BCUT2D eigenvalue weighted by Gasteiger charge is 2.34. The van der Waals surface area contributed by atoms with Crippen molar-refractivity contribution in [3.05, 3.63) is 16.3 Å². The number of imidazole rings is 1. The maximum Gasteiger partial charge on any atom is 0.331 e. The summed E-state index contributed by atoms with van der Waals surface area (Å²) >= 11 is 0. The summed E-state index contributed by atoms with van der Waals surface area (Å²) in [5.41, 5.74) is 0.931. The second-order valence-corrected chi connectivity index (χ2v) is 7.62. The highest BCUT2D eigenvalue weighted by Crippen LogP contribution is 2.37. The van der Waals surface area contributed by atoms with Crippen molar-refractivity contribution in [2.45, 2.75) is 77.9 Å². The van der Waals surface area contributed by atoms with Gasteiger partial charge in [-0.25, -0.2) is 14.8 Å². The van der Waals surface area contributed by atoms with E-state index in [1.54, 1.807) is 0 Å². The minimum atomic E-state index is 0.0490. The summed E-state index contributed by atoms with van der Waals surface area (Å²) in [6.07, 6.45) is 5.79. The number of hydrogen-bond acceptors (Lipinski definition) is 4. The molecule has 3 aliphatic heterocycles. The molecule has 130 valence electrons. The van der Waals surface area contributed by atoms with Gasteiger partial charge in [-0.15, -0.1) is 0 Å². The number of aromatic nitrogens is 4. The molecule has 0 aromatic carbocycles. The van der Waals surface area contributed by atoms with Crippen LogP contribution in [0.25, 0.3) is 11.5 Å². The second kappa shape index (κ2) is 5.90. The molecule has 0 aromatic rings. The lowest BCUT2D eigenvalue weighted by atomic mass is 10.1. The fourth-order valence-electron chi connectivity index (χ4n) is 4.06. The summed E-state index contributed by atoms with van der Waals surface area (Å²) in [6, 6.07) is 0.282. The van der Waals surface area contributed by atoms with Gasteiger partial charge in [0, 0.05) is 25.0 Å². The van der Waals surface area contributed by atoms with Crippen molar-refractivity contribution < 1.29 is 0 Å². The highest BCUT2D eigenvalue weighted by molar-refractivity contribution is 5.70. The van der Waals surface area contributed by atoms with Crippen molar-refractivity contribution in [3.8, 4) is 11.5 Å². The lowest BCUT2D eigenvalue weighted by Gasteiger charge is -2.14. The van der Waals surface area contributed by atoms with Crippen LogP contribution in [0.3, 0.4) is 0 Å². The largest absolute Gasteiger partial charge is 0.365 e. The van der Waals surface area contributed by atoms with Gasteiger partial charge in [-0.05, 0) is 25.2 Å². The number of anilines is 1. The van der Waals surface area contributed by atoms with E-state index < -0.39 is 0 Å². The molecular weight excluding hydrogens is 302 g/mol. The fourth-order valence-corrected chi connectivity index (χ4v) is 4.06. The Bertz CT molecular complexity index is 769. The predicted octanol–water partition coefficient (Wildman–Crippen LogP) is 3.06. The van der Waals surface area contributed by atoms with Gasteiger partial charge in [0.1, 0.15) is 17.3 Å². The Hall–Kier alpha value is -1.85. The highest BCUT2D eigenvalue weighted by atomic mass is 16.1. The Morgan fingerprint density at radius 1 is 1.25 bits per heavy atom. The van der Waals surface area contributed by atoms with Gasteiger partial charge in [0.25, 0.3) is 0 Å². The zero-order chi connectivity index (χ0) is 16.8. The topological polar surface area (TPSA) is 64.7 Å². The minimum Gasteiger partial charge on any atom is -0.365 e. The van der Waals surface area contributed by atoms with E-state index in [4.69, 9.17) is 9.97 Å². The van der Waals surface area contributed by atoms with E-state index in [1.807, 2.05) is 9.13 Å². The van der Waals surface area contributed by atoms with Crippen LogP contribution in [0.1, 0.15) is 64.6 Å². The summed E-state index contributed by atoms with van der Waals surface area (Å²) in [5, 5.41) is 3.54. The molecular formula is C18H27N5O. The molecule has 1 aliphatic carbocycles. The molecule has 0 unspecified atom stereocenters. The average Bonchev–Trinajstić information content (AvgIpc) is 3.28. The van der Waals surface area contributed by atoms with Gasteiger partial charge in [-0.3, -0.25) is 9.13 Å². The monoisotopic (exact) mass is 329 g/mol. The third-order valence-electron chi connectivity index (χ3n) is 5.54. The van der Waals surface area contributed by atoms with Crippen LogP contribution in [-0.4, -0.2) is 25.1 Å². The number of hydrogen-bond donors (Lipinski definition) is 1. The van der Waals surface area contributed by atoms with Crippen molar-refractivity contribution >= 4 is 5.82 Å². The summed E-state index contributed by atoms with van der Waals surface area (Å²) in [6.45, 7) is 7.89. The summed E-state index contributed by atoms with van der Waals surface area (Å²) in [4.78, 5) is 22.7. The van der Waals surface area contributed by atoms with Crippen LogP contribution in [0.15, 0.2) is 4.79 Å². The Morgan fingerprint density at radius 3 is 2.67 bits per heavy atom. The third-order valence-corrected chi connectivity index (χ3v) is 5.54. The smallest absolute Gasteiger partial charge is 0.331 e. The van der Waals surface area contributed by atoms with Crippen LogP contribution in [0.2, 0.25) is 0 Å². The average molecular weight is 329 g/mol. The van der Waals surface area contributed by atoms with E-state index in [9.17, 15) is 4.79 Å². The molecule has 0 aromatic heterocycles. The summed E-state index contributed by atoms with van der Waals surface area (Å²) < 4.78 is 3.70. The first-order chi connectivity index (χ1) is 11.6. The molecule has 0 radical (unpaired) electrons. The standard InChI is InChI=1S/C18H27N5O/c1-4-9-22-17-14(20-15(21-17)12-7-5-6-8-12)16-19-13(11(2)3)10-23(16)18(22)24/h11-13,19H,4-10H2,1-3H3/t13-/m1/s1. The Balaban J connectivity index is 1.87. The van der Waals surface area contributed by atoms with E-state index in [2.05, 4.69) is 26.1 Å². The van der Waals surface area contributed by atoms with Crippen molar-refractivity contribution in [3.63, 3.8) is 0 Å². The first-order valence-corrected chi connectivity index (χ1v) is 9.37. The molecule has 1 atom stereocenters. The van der Waals surface area contributed by atoms with Crippen LogP contribution < -0.4 is 11.0 Å². The van der Waals surface area contributed by atoms with Crippen LogP contribution in [-0.2, 0) is 13.1 Å². The van der Waals surface area contributed by atoms with Crippen LogP contribution in [0.5, 0.6) is 0 Å². The van der Waals surface area contributed by atoms with Gasteiger partial charge in [0.2, 0.25) is 0 Å². The zero-order valence-electron chi connectivity index (χ0n) is 14.9. The van der Waals surface area contributed by atoms with Crippen LogP contribution in [0, 0.1) is 5.92 Å². The molecule has 4 rings (SSSR count). The Morgan fingerprint density at radius 2 is 2.00 bits per heavy atom. The molecule has 1 saturated carbocycles. The normalized spacial score (nSPS) is 20.9. The lowest BCUT2D eigenvalue weighted by molar-refractivity contribution is 0.481. The number of fused-ring (bicyclic) bond motifs is 3. The maximum atomic E-state index is 13.0. The SMILES string of the molecule is CCCn1c2nc(C3CCCC3)nc-2c2n(c1=O)C[C@H](C(C)C)N2. The van der Waals surface area contributed by atoms with Crippen molar-refractivity contribution in [1.29, 1.82) is 0 Å². The predicted molar refractivity (Wildman–Crippen MR) is 94.7 cm³/mol. The van der Waals surface area contributed by atoms with Crippen molar-refractivity contribution in [1.82, 2.24) is 19.1 Å². The van der Waals surface area contributed by atoms with Gasteiger partial charge in [-0.1, -0.05) is 33.6 Å². The summed E-state index contributed by atoms with van der Waals surface area (Å²) in [7, 11) is 0. The molecule has 4 aliphatic rings. The fraction of sp³-hybridized carbons (Fsp3) is 0.722.